The van der Waals surface area contributed by atoms with Gasteiger partial charge in [-0.25, -0.2) is 4.68 Å². The van der Waals surface area contributed by atoms with Gasteiger partial charge >= 0.3 is 0 Å². The van der Waals surface area contributed by atoms with Crippen LogP contribution in [-0.4, -0.2) is 15.0 Å². The Labute approximate surface area is 74.8 Å². The molecule has 0 radical (unpaired) electrons. The summed E-state index contributed by atoms with van der Waals surface area (Å²) in [5.41, 5.74) is 1.06. The number of aromatic nitrogens is 3. The zero-order chi connectivity index (χ0) is 9.56. The van der Waals surface area contributed by atoms with Crippen LogP contribution in [0.2, 0.25) is 0 Å². The van der Waals surface area contributed by atoms with Crippen molar-refractivity contribution in [1.29, 1.82) is 0 Å². The van der Waals surface area contributed by atoms with E-state index in [-0.39, 0.29) is 0 Å². The van der Waals surface area contributed by atoms with Gasteiger partial charge in [0.05, 0.1) is 5.69 Å². The lowest BCUT2D eigenvalue weighted by molar-refractivity contribution is 0.514. The Hall–Kier alpha value is -0.860. The van der Waals surface area contributed by atoms with E-state index in [9.17, 15) is 0 Å². The van der Waals surface area contributed by atoms with Gasteiger partial charge < -0.3 is 0 Å². The van der Waals surface area contributed by atoms with Gasteiger partial charge in [0.2, 0.25) is 0 Å². The van der Waals surface area contributed by atoms with Crippen LogP contribution in [0.15, 0.2) is 6.20 Å². The molecule has 12 heavy (non-hydrogen) atoms. The highest BCUT2D eigenvalue weighted by atomic mass is 15.4. The first-order valence-corrected chi connectivity index (χ1v) is 4.64. The smallest absolute Gasteiger partial charge is 0.0824 e. The van der Waals surface area contributed by atoms with E-state index in [4.69, 9.17) is 0 Å². The minimum Gasteiger partial charge on any atom is -0.250 e. The summed E-state index contributed by atoms with van der Waals surface area (Å²) < 4.78 is 1.87. The Morgan fingerprint density at radius 3 is 2.25 bits per heavy atom. The first kappa shape index (κ1) is 11.1. The molecule has 0 aliphatic carbocycles. The molecule has 0 atom stereocenters. The van der Waals surface area contributed by atoms with Crippen LogP contribution in [0.1, 0.15) is 46.4 Å². The fourth-order valence-corrected chi connectivity index (χ4v) is 0.728. The maximum absolute atomic E-state index is 3.97. The molecule has 0 aromatic carbocycles. The van der Waals surface area contributed by atoms with Crippen molar-refractivity contribution in [3.8, 4) is 0 Å². The number of hydrogen-bond acceptors (Lipinski definition) is 2. The molecule has 0 aliphatic heterocycles. The Morgan fingerprint density at radius 2 is 2.00 bits per heavy atom. The van der Waals surface area contributed by atoms with Gasteiger partial charge in [-0.05, 0) is 20.3 Å². The lowest BCUT2D eigenvalue weighted by Gasteiger charge is -2.00. The molecule has 1 aromatic heterocycles. The third kappa shape index (κ3) is 3.03. The fourth-order valence-electron chi connectivity index (χ4n) is 0.728. The van der Waals surface area contributed by atoms with Crippen LogP contribution >= 0.6 is 0 Å². The second-order valence-electron chi connectivity index (χ2n) is 2.64. The van der Waals surface area contributed by atoms with Gasteiger partial charge in [0.15, 0.2) is 0 Å². The lowest BCUT2D eigenvalue weighted by Crippen LogP contribution is -2.00. The minimum atomic E-state index is 0.424. The largest absolute Gasteiger partial charge is 0.250 e. The number of nitrogens with zero attached hydrogens (tertiary/aromatic N) is 3. The summed E-state index contributed by atoms with van der Waals surface area (Å²) in [6.07, 6.45) is 2.96. The molecular weight excluding hydrogens is 150 g/mol. The number of hydrogen-bond donors (Lipinski definition) is 0. The van der Waals surface area contributed by atoms with Gasteiger partial charge in [0.1, 0.15) is 0 Å². The maximum atomic E-state index is 3.97. The van der Waals surface area contributed by atoms with E-state index in [2.05, 4.69) is 31.1 Å². The Balaban J connectivity index is 0.000000561. The highest BCUT2D eigenvalue weighted by Crippen LogP contribution is 2.01. The van der Waals surface area contributed by atoms with E-state index in [0.29, 0.717) is 6.04 Å². The van der Waals surface area contributed by atoms with Gasteiger partial charge in [0, 0.05) is 12.2 Å². The third-order valence-electron chi connectivity index (χ3n) is 1.45. The standard InChI is InChI=1S/C7H13N3.C2H6/c1-4-7-5-10(6(2)3)9-8-7;1-2/h5-6H,4H2,1-3H3;1-2H3. The summed E-state index contributed by atoms with van der Waals surface area (Å²) in [5.74, 6) is 0. The van der Waals surface area contributed by atoms with Crippen LogP contribution in [0.4, 0.5) is 0 Å². The SMILES string of the molecule is CC.CCc1cn(C(C)C)nn1. The zero-order valence-electron chi connectivity index (χ0n) is 8.70. The topological polar surface area (TPSA) is 30.7 Å². The molecule has 1 rings (SSSR count). The van der Waals surface area contributed by atoms with Crippen LogP contribution in [-0.2, 0) is 6.42 Å². The monoisotopic (exact) mass is 169 g/mol. The molecule has 70 valence electrons. The molecule has 3 nitrogen and oxygen atoms in total. The van der Waals surface area contributed by atoms with Crippen LogP contribution in [0.25, 0.3) is 0 Å². The normalized spacial score (nSPS) is 9.50. The molecular formula is C9H19N3. The van der Waals surface area contributed by atoms with E-state index < -0.39 is 0 Å². The molecule has 0 fully saturated rings. The second-order valence-corrected chi connectivity index (χ2v) is 2.64. The van der Waals surface area contributed by atoms with Gasteiger partial charge in [-0.1, -0.05) is 26.0 Å². The second kappa shape index (κ2) is 5.75. The summed E-state index contributed by atoms with van der Waals surface area (Å²) >= 11 is 0. The van der Waals surface area contributed by atoms with Gasteiger partial charge in [-0.2, -0.15) is 0 Å². The molecule has 0 bridgehead atoms. The average molecular weight is 169 g/mol. The quantitative estimate of drug-likeness (QED) is 0.680. The molecule has 1 aromatic rings. The van der Waals surface area contributed by atoms with Crippen LogP contribution < -0.4 is 0 Å². The summed E-state index contributed by atoms with van der Waals surface area (Å²) in [6, 6.07) is 0.424. The van der Waals surface area contributed by atoms with Gasteiger partial charge in [0.25, 0.3) is 0 Å². The maximum Gasteiger partial charge on any atom is 0.0824 e. The number of rotatable bonds is 2. The van der Waals surface area contributed by atoms with E-state index in [1.165, 1.54) is 0 Å². The van der Waals surface area contributed by atoms with Crippen molar-refractivity contribution < 1.29 is 0 Å². The highest BCUT2D eigenvalue weighted by Gasteiger charge is 1.99. The predicted octanol–water partition coefficient (Wildman–Crippen LogP) is 2.45. The first-order chi connectivity index (χ1) is 5.74. The van der Waals surface area contributed by atoms with Gasteiger partial charge in [-0.15, -0.1) is 5.10 Å². The third-order valence-corrected chi connectivity index (χ3v) is 1.45. The van der Waals surface area contributed by atoms with Crippen molar-refractivity contribution >= 4 is 0 Å². The Bertz CT molecular complexity index is 203. The van der Waals surface area contributed by atoms with Crippen molar-refractivity contribution in [3.63, 3.8) is 0 Å². The molecule has 0 unspecified atom stereocenters. The lowest BCUT2D eigenvalue weighted by atomic mass is 10.3. The molecule has 3 heteroatoms. The molecule has 1 heterocycles. The highest BCUT2D eigenvalue weighted by molar-refractivity contribution is 4.91. The van der Waals surface area contributed by atoms with E-state index in [0.717, 1.165) is 12.1 Å². The van der Waals surface area contributed by atoms with E-state index in [1.807, 2.05) is 24.7 Å². The average Bonchev–Trinajstić information content (AvgIpc) is 2.55. The van der Waals surface area contributed by atoms with Crippen molar-refractivity contribution in [2.45, 2.75) is 47.1 Å². The molecule has 0 saturated heterocycles. The molecule has 0 N–H and O–H groups in total. The molecule has 0 aliphatic rings. The summed E-state index contributed by atoms with van der Waals surface area (Å²) in [7, 11) is 0. The van der Waals surface area contributed by atoms with Crippen molar-refractivity contribution in [2.75, 3.05) is 0 Å². The Kier molecular flexibility index (Phi) is 5.34. The van der Waals surface area contributed by atoms with E-state index >= 15 is 0 Å². The van der Waals surface area contributed by atoms with Crippen molar-refractivity contribution in [3.05, 3.63) is 11.9 Å². The van der Waals surface area contributed by atoms with Crippen LogP contribution in [0, 0.1) is 0 Å². The first-order valence-electron chi connectivity index (χ1n) is 4.64. The fraction of sp³-hybridized carbons (Fsp3) is 0.778. The summed E-state index contributed by atoms with van der Waals surface area (Å²) in [4.78, 5) is 0. The summed E-state index contributed by atoms with van der Waals surface area (Å²) in [6.45, 7) is 10.3. The van der Waals surface area contributed by atoms with Crippen molar-refractivity contribution in [1.82, 2.24) is 15.0 Å². The van der Waals surface area contributed by atoms with Gasteiger partial charge in [-0.3, -0.25) is 0 Å². The van der Waals surface area contributed by atoms with Crippen LogP contribution in [0.5, 0.6) is 0 Å². The van der Waals surface area contributed by atoms with E-state index in [1.54, 1.807) is 0 Å². The zero-order valence-corrected chi connectivity index (χ0v) is 8.70. The predicted molar refractivity (Wildman–Crippen MR) is 51.1 cm³/mol. The molecule has 0 spiro atoms. The van der Waals surface area contributed by atoms with Crippen molar-refractivity contribution in [2.24, 2.45) is 0 Å². The summed E-state index contributed by atoms with van der Waals surface area (Å²) in [5, 5.41) is 7.92. The minimum absolute atomic E-state index is 0.424. The molecule has 0 saturated carbocycles. The Morgan fingerprint density at radius 1 is 1.42 bits per heavy atom. The molecule has 0 amide bonds. The number of aryl methyl sites for hydroxylation is 1. The van der Waals surface area contributed by atoms with Crippen LogP contribution in [0.3, 0.4) is 0 Å².